The van der Waals surface area contributed by atoms with E-state index in [1.807, 2.05) is 18.2 Å². The van der Waals surface area contributed by atoms with E-state index in [4.69, 9.17) is 0 Å². The van der Waals surface area contributed by atoms with Gasteiger partial charge in [0.25, 0.3) is 0 Å². The highest BCUT2D eigenvalue weighted by molar-refractivity contribution is 4.88. The van der Waals surface area contributed by atoms with Crippen LogP contribution < -0.4 is 10.7 Å². The summed E-state index contributed by atoms with van der Waals surface area (Å²) < 4.78 is 0. The van der Waals surface area contributed by atoms with Crippen LogP contribution in [-0.2, 0) is 0 Å². The molecule has 19 heavy (non-hydrogen) atoms. The number of pyridine rings is 1. The fraction of sp³-hybridized carbons (Fsp3) is 0.667. The van der Waals surface area contributed by atoms with Crippen molar-refractivity contribution in [1.29, 1.82) is 0 Å². The van der Waals surface area contributed by atoms with E-state index < -0.39 is 0 Å². The molecule has 0 radical (unpaired) electrons. The molecule has 2 aliphatic rings. The van der Waals surface area contributed by atoms with E-state index in [0.29, 0.717) is 0 Å². The Labute approximate surface area is 116 Å². The van der Waals surface area contributed by atoms with Gasteiger partial charge in [0.1, 0.15) is 0 Å². The number of hydrogen-bond donors (Lipinski definition) is 2. The quantitative estimate of drug-likeness (QED) is 0.853. The zero-order valence-electron chi connectivity index (χ0n) is 11.7. The first kappa shape index (κ1) is 14.4. The molecule has 1 aliphatic carbocycles. The van der Waals surface area contributed by atoms with Gasteiger partial charge in [-0.1, -0.05) is 25.3 Å². The number of rotatable bonds is 2. The smallest absolute Gasteiger partial charge is 0.0267 e. The Morgan fingerprint density at radius 2 is 1.63 bits per heavy atom. The van der Waals surface area contributed by atoms with Crippen LogP contribution in [-0.4, -0.2) is 42.2 Å². The van der Waals surface area contributed by atoms with Crippen LogP contribution in [0.4, 0.5) is 0 Å². The number of nitrogens with one attached hydrogen (secondary N) is 2. The summed E-state index contributed by atoms with van der Waals surface area (Å²) >= 11 is 0. The second kappa shape index (κ2) is 9.02. The van der Waals surface area contributed by atoms with E-state index in [1.165, 1.54) is 32.1 Å². The molecule has 0 atom stereocenters. The number of aromatic nitrogens is 1. The zero-order chi connectivity index (χ0) is 13.2. The van der Waals surface area contributed by atoms with Crippen LogP contribution in [0, 0.1) is 0 Å². The highest BCUT2D eigenvalue weighted by atomic mass is 15.5. The molecule has 1 saturated carbocycles. The number of nitrogens with zero attached hydrogens (tertiary/aromatic N) is 2. The Hall–Kier alpha value is -0.970. The Bertz CT molecular complexity index is 262. The normalized spacial score (nSPS) is 21.5. The van der Waals surface area contributed by atoms with Crippen molar-refractivity contribution < 1.29 is 0 Å². The van der Waals surface area contributed by atoms with Crippen molar-refractivity contribution in [3.05, 3.63) is 30.6 Å². The lowest BCUT2D eigenvalue weighted by Gasteiger charge is -2.33. The molecular weight excluding hydrogens is 236 g/mol. The number of piperazine rings is 1. The Morgan fingerprint density at radius 1 is 0.947 bits per heavy atom. The van der Waals surface area contributed by atoms with Crippen LogP contribution in [0.3, 0.4) is 0 Å². The maximum absolute atomic E-state index is 3.78. The highest BCUT2D eigenvalue weighted by Crippen LogP contribution is 2.17. The summed E-state index contributed by atoms with van der Waals surface area (Å²) in [6, 6.07) is 6.49. The van der Waals surface area contributed by atoms with E-state index in [9.17, 15) is 0 Å². The van der Waals surface area contributed by atoms with Gasteiger partial charge in [0.05, 0.1) is 0 Å². The third-order valence-corrected chi connectivity index (χ3v) is 3.65. The van der Waals surface area contributed by atoms with Crippen LogP contribution in [0.25, 0.3) is 0 Å². The molecule has 0 unspecified atom stereocenters. The van der Waals surface area contributed by atoms with Gasteiger partial charge in [0.15, 0.2) is 0 Å². The van der Waals surface area contributed by atoms with Crippen molar-refractivity contribution in [3.8, 4) is 0 Å². The summed E-state index contributed by atoms with van der Waals surface area (Å²) in [5, 5.41) is 5.77. The van der Waals surface area contributed by atoms with Crippen LogP contribution >= 0.6 is 0 Å². The lowest BCUT2D eigenvalue weighted by atomic mass is 9.96. The minimum absolute atomic E-state index is 0.770. The maximum atomic E-state index is 3.78. The lowest BCUT2D eigenvalue weighted by molar-refractivity contribution is 0.122. The van der Waals surface area contributed by atoms with Crippen LogP contribution in [0.5, 0.6) is 0 Å². The summed E-state index contributed by atoms with van der Waals surface area (Å²) in [4.78, 5) is 3.78. The van der Waals surface area contributed by atoms with Gasteiger partial charge >= 0.3 is 0 Å². The molecule has 4 nitrogen and oxygen atoms in total. The minimum Gasteiger partial charge on any atom is -0.314 e. The lowest BCUT2D eigenvalue weighted by Crippen LogP contribution is -2.53. The maximum Gasteiger partial charge on any atom is 0.0267 e. The van der Waals surface area contributed by atoms with Gasteiger partial charge in [-0.25, -0.2) is 5.01 Å². The van der Waals surface area contributed by atoms with Crippen LogP contribution in [0.2, 0.25) is 0 Å². The van der Waals surface area contributed by atoms with Gasteiger partial charge in [-0.05, 0) is 25.0 Å². The molecule has 3 rings (SSSR count). The first-order valence-electron chi connectivity index (χ1n) is 7.52. The van der Waals surface area contributed by atoms with E-state index in [1.54, 1.807) is 12.4 Å². The number of hydrazine groups is 1. The van der Waals surface area contributed by atoms with Gasteiger partial charge in [-0.3, -0.25) is 10.4 Å². The fourth-order valence-electron chi connectivity index (χ4n) is 2.60. The molecular formula is C15H26N4. The van der Waals surface area contributed by atoms with Crippen molar-refractivity contribution in [3.63, 3.8) is 0 Å². The first-order valence-corrected chi connectivity index (χ1v) is 7.52. The van der Waals surface area contributed by atoms with E-state index in [-0.39, 0.29) is 0 Å². The molecule has 2 heterocycles. The number of hydrogen-bond acceptors (Lipinski definition) is 4. The summed E-state index contributed by atoms with van der Waals surface area (Å²) in [5.74, 6) is 0. The molecule has 1 saturated heterocycles. The average Bonchev–Trinajstić information content (AvgIpc) is 2.52. The average molecular weight is 262 g/mol. The van der Waals surface area contributed by atoms with Crippen molar-refractivity contribution in [2.75, 3.05) is 26.2 Å². The van der Waals surface area contributed by atoms with Crippen molar-refractivity contribution in [1.82, 2.24) is 20.7 Å². The summed E-state index contributed by atoms with van der Waals surface area (Å²) in [6.45, 7) is 4.60. The Balaban J connectivity index is 0.000000186. The fourth-order valence-corrected chi connectivity index (χ4v) is 2.60. The largest absolute Gasteiger partial charge is 0.314 e. The molecule has 0 spiro atoms. The second-order valence-corrected chi connectivity index (χ2v) is 5.23. The summed E-state index contributed by atoms with van der Waals surface area (Å²) in [6.07, 6.45) is 10.5. The highest BCUT2D eigenvalue weighted by Gasteiger charge is 2.17. The third-order valence-electron chi connectivity index (χ3n) is 3.65. The molecule has 2 fully saturated rings. The molecule has 106 valence electrons. The molecule has 1 aromatic rings. The SMILES string of the molecule is C1CCC(NN2CCNCC2)CC1.c1ccncc1. The zero-order valence-corrected chi connectivity index (χ0v) is 11.7. The Morgan fingerprint density at radius 3 is 2.16 bits per heavy atom. The predicted molar refractivity (Wildman–Crippen MR) is 78.7 cm³/mol. The van der Waals surface area contributed by atoms with E-state index in [0.717, 1.165) is 32.2 Å². The molecule has 2 N–H and O–H groups in total. The van der Waals surface area contributed by atoms with Crippen LogP contribution in [0.15, 0.2) is 30.6 Å². The van der Waals surface area contributed by atoms with Gasteiger partial charge in [-0.15, -0.1) is 0 Å². The molecule has 1 aliphatic heterocycles. The molecule has 4 heteroatoms. The van der Waals surface area contributed by atoms with E-state index >= 15 is 0 Å². The van der Waals surface area contributed by atoms with Gasteiger partial charge in [-0.2, -0.15) is 0 Å². The topological polar surface area (TPSA) is 40.2 Å². The monoisotopic (exact) mass is 262 g/mol. The van der Waals surface area contributed by atoms with Gasteiger partial charge in [0.2, 0.25) is 0 Å². The summed E-state index contributed by atoms with van der Waals surface area (Å²) in [7, 11) is 0. The third kappa shape index (κ3) is 6.14. The predicted octanol–water partition coefficient (Wildman–Crippen LogP) is 1.81. The van der Waals surface area contributed by atoms with Crippen LogP contribution in [0.1, 0.15) is 32.1 Å². The molecule has 0 bridgehead atoms. The molecule has 1 aromatic heterocycles. The minimum atomic E-state index is 0.770. The van der Waals surface area contributed by atoms with Gasteiger partial charge < -0.3 is 5.32 Å². The molecule has 0 amide bonds. The summed E-state index contributed by atoms with van der Waals surface area (Å²) in [5.41, 5.74) is 3.65. The second-order valence-electron chi connectivity index (χ2n) is 5.23. The Kier molecular flexibility index (Phi) is 6.85. The van der Waals surface area contributed by atoms with Crippen molar-refractivity contribution in [2.45, 2.75) is 38.1 Å². The van der Waals surface area contributed by atoms with Gasteiger partial charge in [0, 0.05) is 44.6 Å². The van der Waals surface area contributed by atoms with E-state index in [2.05, 4.69) is 20.7 Å². The van der Waals surface area contributed by atoms with Crippen molar-refractivity contribution in [2.24, 2.45) is 0 Å². The molecule has 0 aromatic carbocycles. The van der Waals surface area contributed by atoms with Crippen molar-refractivity contribution >= 4 is 0 Å². The standard InChI is InChI=1S/C10H21N3.C5H5N/c1-2-4-10(5-3-1)12-13-8-6-11-7-9-13;1-2-4-6-5-3-1/h10-12H,1-9H2;1-5H. The first-order chi connectivity index (χ1) is 9.45.